The molecule has 5 aliphatic carbocycles. The zero-order chi connectivity index (χ0) is 27.9. The molecule has 13 atom stereocenters. The Kier molecular flexibility index (Phi) is 12.7. The van der Waals surface area contributed by atoms with Crippen LogP contribution in [0.1, 0.15) is 170 Å². The number of unbranched alkanes of at least 4 members (excludes halogenated alkanes) is 1. The highest BCUT2D eigenvalue weighted by atomic mass is 14.5. The van der Waals surface area contributed by atoms with E-state index < -0.39 is 0 Å². The Bertz CT molecular complexity index is 680. The van der Waals surface area contributed by atoms with Crippen LogP contribution in [0.15, 0.2) is 0 Å². The van der Waals surface area contributed by atoms with Gasteiger partial charge in [-0.05, 0) is 135 Å². The van der Waals surface area contributed by atoms with Crippen LogP contribution in [0.4, 0.5) is 0 Å². The molecule has 228 valence electrons. The van der Waals surface area contributed by atoms with Gasteiger partial charge in [0, 0.05) is 0 Å². The summed E-state index contributed by atoms with van der Waals surface area (Å²) in [6, 6.07) is 0. The first-order chi connectivity index (χ1) is 18.9. The molecule has 0 saturated heterocycles. The molecule has 0 N–H and O–H groups in total. The normalized spacial score (nSPS) is 46.4. The molecule has 0 heteroatoms. The van der Waals surface area contributed by atoms with Gasteiger partial charge < -0.3 is 0 Å². The average molecular weight is 541 g/mol. The number of rotatable bonds is 8. The second-order valence-corrected chi connectivity index (χ2v) is 16.3. The molecule has 0 aromatic carbocycles. The van der Waals surface area contributed by atoms with Gasteiger partial charge in [0.2, 0.25) is 0 Å². The van der Waals surface area contributed by atoms with Crippen LogP contribution in [-0.2, 0) is 0 Å². The number of hydrogen-bond donors (Lipinski definition) is 0. The first-order valence-corrected chi connectivity index (χ1v) is 18.9. The molecular weight excluding hydrogens is 468 g/mol. The van der Waals surface area contributed by atoms with Crippen molar-refractivity contribution in [2.45, 2.75) is 170 Å². The van der Waals surface area contributed by atoms with E-state index in [0.717, 1.165) is 76.9 Å². The van der Waals surface area contributed by atoms with Crippen LogP contribution in [-0.4, -0.2) is 0 Å². The molecule has 0 aromatic heterocycles. The molecule has 5 saturated carbocycles. The number of fused-ring (bicyclic) bond motifs is 1. The Labute approximate surface area is 247 Å². The predicted molar refractivity (Wildman–Crippen MR) is 173 cm³/mol. The molecular formula is C39H72. The standard InChI is InChI=1S/C24H44.C15H28/c1-5-8-11-21-17(4)15-20-10-9-12-22(20)24(21)23-14-13-18(6-2)16-19(23)7-3;1-4-13-10-15(8-6-12(13)3)14-7-5-11(2)9-14/h17-24H,5-16H2,1-4H3;11-15H,4-10H2,1-3H3. The fourth-order valence-electron chi connectivity index (χ4n) is 11.6. The summed E-state index contributed by atoms with van der Waals surface area (Å²) in [5, 5.41) is 0. The van der Waals surface area contributed by atoms with E-state index in [1.165, 1.54) is 70.6 Å². The van der Waals surface area contributed by atoms with Crippen LogP contribution in [0.3, 0.4) is 0 Å². The van der Waals surface area contributed by atoms with Gasteiger partial charge in [-0.15, -0.1) is 0 Å². The van der Waals surface area contributed by atoms with E-state index in [9.17, 15) is 0 Å². The van der Waals surface area contributed by atoms with Gasteiger partial charge in [0.25, 0.3) is 0 Å². The highest BCUT2D eigenvalue weighted by Gasteiger charge is 2.49. The van der Waals surface area contributed by atoms with Gasteiger partial charge in [-0.1, -0.05) is 113 Å². The number of hydrogen-bond acceptors (Lipinski definition) is 0. The van der Waals surface area contributed by atoms with Crippen molar-refractivity contribution in [3.63, 3.8) is 0 Å². The third-order valence-electron chi connectivity index (χ3n) is 14.1. The van der Waals surface area contributed by atoms with E-state index in [1.807, 2.05) is 0 Å². The summed E-state index contributed by atoms with van der Waals surface area (Å²) < 4.78 is 0. The molecule has 0 radical (unpaired) electrons. The van der Waals surface area contributed by atoms with Gasteiger partial charge in [-0.25, -0.2) is 0 Å². The molecule has 5 aliphatic rings. The van der Waals surface area contributed by atoms with Crippen LogP contribution in [0, 0.1) is 76.9 Å². The Morgan fingerprint density at radius 1 is 0.538 bits per heavy atom. The van der Waals surface area contributed by atoms with E-state index in [0.29, 0.717) is 0 Å². The topological polar surface area (TPSA) is 0 Å². The lowest BCUT2D eigenvalue weighted by molar-refractivity contribution is -0.0276. The summed E-state index contributed by atoms with van der Waals surface area (Å²) in [6.45, 7) is 17.3. The van der Waals surface area contributed by atoms with Gasteiger partial charge in [0.15, 0.2) is 0 Å². The molecule has 0 spiro atoms. The Hall–Kier alpha value is 0. The minimum absolute atomic E-state index is 1.00. The Morgan fingerprint density at radius 2 is 1.28 bits per heavy atom. The highest BCUT2D eigenvalue weighted by Crippen LogP contribution is 2.57. The van der Waals surface area contributed by atoms with Gasteiger partial charge in [0.1, 0.15) is 0 Å². The van der Waals surface area contributed by atoms with E-state index in [4.69, 9.17) is 0 Å². The van der Waals surface area contributed by atoms with Crippen molar-refractivity contribution in [2.75, 3.05) is 0 Å². The van der Waals surface area contributed by atoms with Crippen molar-refractivity contribution in [3.8, 4) is 0 Å². The molecule has 5 fully saturated rings. The zero-order valence-corrected chi connectivity index (χ0v) is 27.9. The molecule has 0 amide bonds. The van der Waals surface area contributed by atoms with Gasteiger partial charge in [-0.2, -0.15) is 0 Å². The molecule has 5 rings (SSSR count). The molecule has 0 aliphatic heterocycles. The monoisotopic (exact) mass is 541 g/mol. The molecule has 0 bridgehead atoms. The first-order valence-electron chi connectivity index (χ1n) is 18.9. The summed E-state index contributed by atoms with van der Waals surface area (Å²) >= 11 is 0. The maximum Gasteiger partial charge on any atom is -0.0321 e. The van der Waals surface area contributed by atoms with E-state index in [1.54, 1.807) is 51.4 Å². The van der Waals surface area contributed by atoms with Crippen molar-refractivity contribution in [1.82, 2.24) is 0 Å². The first kappa shape index (κ1) is 31.9. The lowest BCUT2D eigenvalue weighted by atomic mass is 9.53. The van der Waals surface area contributed by atoms with Crippen LogP contribution in [0.5, 0.6) is 0 Å². The van der Waals surface area contributed by atoms with Crippen LogP contribution in [0.2, 0.25) is 0 Å². The lowest BCUT2D eigenvalue weighted by Crippen LogP contribution is -2.44. The van der Waals surface area contributed by atoms with E-state index in [-0.39, 0.29) is 0 Å². The lowest BCUT2D eigenvalue weighted by Gasteiger charge is -2.52. The smallest absolute Gasteiger partial charge is 0.0321 e. The van der Waals surface area contributed by atoms with Crippen molar-refractivity contribution in [3.05, 3.63) is 0 Å². The fraction of sp³-hybridized carbons (Fsp3) is 1.00. The molecule has 0 nitrogen and oxygen atoms in total. The SMILES string of the molecule is CCC1CC(C2CCC(C)C2)CCC1C.CCCCC1C(C)CC2CCCC2C1C1CCC(CC)CC1CC. The van der Waals surface area contributed by atoms with Crippen molar-refractivity contribution < 1.29 is 0 Å². The summed E-state index contributed by atoms with van der Waals surface area (Å²) in [5.41, 5.74) is 0. The zero-order valence-electron chi connectivity index (χ0n) is 27.9. The van der Waals surface area contributed by atoms with Crippen LogP contribution in [0.25, 0.3) is 0 Å². The fourth-order valence-corrected chi connectivity index (χ4v) is 11.6. The molecule has 13 unspecified atom stereocenters. The van der Waals surface area contributed by atoms with Crippen LogP contribution >= 0.6 is 0 Å². The van der Waals surface area contributed by atoms with Crippen LogP contribution < -0.4 is 0 Å². The summed E-state index contributed by atoms with van der Waals surface area (Å²) in [4.78, 5) is 0. The maximum absolute atomic E-state index is 2.63. The van der Waals surface area contributed by atoms with Crippen molar-refractivity contribution in [2.24, 2.45) is 76.9 Å². The van der Waals surface area contributed by atoms with Gasteiger partial charge in [0.05, 0.1) is 0 Å². The Balaban J connectivity index is 0.000000202. The second-order valence-electron chi connectivity index (χ2n) is 16.3. The third-order valence-corrected chi connectivity index (χ3v) is 14.1. The van der Waals surface area contributed by atoms with Crippen molar-refractivity contribution >= 4 is 0 Å². The van der Waals surface area contributed by atoms with E-state index in [2.05, 4.69) is 48.5 Å². The minimum Gasteiger partial charge on any atom is -0.0654 e. The molecule has 0 aromatic rings. The quantitative estimate of drug-likeness (QED) is 0.287. The second kappa shape index (κ2) is 15.5. The summed E-state index contributed by atoms with van der Waals surface area (Å²) in [7, 11) is 0. The molecule has 39 heavy (non-hydrogen) atoms. The van der Waals surface area contributed by atoms with Gasteiger partial charge >= 0.3 is 0 Å². The van der Waals surface area contributed by atoms with E-state index >= 15 is 0 Å². The summed E-state index contributed by atoms with van der Waals surface area (Å²) in [6.07, 6.45) is 28.8. The predicted octanol–water partition coefficient (Wildman–Crippen LogP) is 12.6. The maximum atomic E-state index is 2.63. The Morgan fingerprint density at radius 3 is 1.95 bits per heavy atom. The van der Waals surface area contributed by atoms with Crippen molar-refractivity contribution in [1.29, 1.82) is 0 Å². The minimum atomic E-state index is 1.00. The summed E-state index contributed by atoms with van der Waals surface area (Å²) in [5.74, 6) is 13.8. The highest BCUT2D eigenvalue weighted by molar-refractivity contribution is 4.98. The van der Waals surface area contributed by atoms with Gasteiger partial charge in [-0.3, -0.25) is 0 Å². The average Bonchev–Trinajstić information content (AvgIpc) is 3.60. The largest absolute Gasteiger partial charge is 0.0654 e. The third kappa shape index (κ3) is 7.89. The molecule has 0 heterocycles.